The number of amides is 12. The number of aliphatic hydroxyl groups is 3. The van der Waals surface area contributed by atoms with Gasteiger partial charge in [0.15, 0.2) is 0 Å². The van der Waals surface area contributed by atoms with Crippen molar-refractivity contribution in [2.24, 2.45) is 11.7 Å². The molecule has 0 radical (unpaired) electrons. The van der Waals surface area contributed by atoms with Gasteiger partial charge in [-0.15, -0.1) is 33.7 Å². The summed E-state index contributed by atoms with van der Waals surface area (Å²) >= 11 is 5.71. The first-order valence-electron chi connectivity index (χ1n) is 28.1. The van der Waals surface area contributed by atoms with Gasteiger partial charge in [0, 0.05) is 36.1 Å². The molecule has 13 atom stereocenters. The molecule has 0 bridgehead atoms. The lowest BCUT2D eigenvalue weighted by Crippen LogP contribution is -2.63. The quantitative estimate of drug-likeness (QED) is 0.0274. The molecule has 508 valence electrons. The number of carbonyl (C=O) groups is 14. The van der Waals surface area contributed by atoms with Crippen LogP contribution in [0.1, 0.15) is 78.6 Å². The maximum atomic E-state index is 14.2. The lowest BCUT2D eigenvalue weighted by molar-refractivity contribution is -0.143. The Morgan fingerprint density at radius 2 is 0.989 bits per heavy atom. The van der Waals surface area contributed by atoms with Gasteiger partial charge in [-0.25, -0.2) is 4.79 Å². The van der Waals surface area contributed by atoms with Crippen molar-refractivity contribution in [1.29, 1.82) is 0 Å². The first kappa shape index (κ1) is 78.8. The third kappa shape index (κ3) is 29.1. The summed E-state index contributed by atoms with van der Waals surface area (Å²) in [5, 5.41) is 97.3. The molecule has 2 aromatic heterocycles. The van der Waals surface area contributed by atoms with E-state index < -0.39 is 187 Å². The minimum Gasteiger partial charge on any atom is -0.481 e. The van der Waals surface area contributed by atoms with Crippen LogP contribution in [0.3, 0.4) is 0 Å². The number of aliphatic hydroxyl groups excluding tert-OH is 3. The van der Waals surface area contributed by atoms with Crippen molar-refractivity contribution in [1.82, 2.24) is 94.6 Å². The number of nitrogens with two attached hydrogens (primary N) is 1. The number of aliphatic carboxylic acids is 2. The molecule has 0 fully saturated rings. The van der Waals surface area contributed by atoms with Crippen LogP contribution in [-0.2, 0) is 80.2 Å². The second-order valence-corrected chi connectivity index (χ2v) is 22.7. The Hall–Kier alpha value is -8.25. The summed E-state index contributed by atoms with van der Waals surface area (Å²) in [7, 11) is 0. The number of nitrogens with one attached hydrogen (secondary N) is 14. The molecule has 0 saturated heterocycles. The molecule has 12 amide bonds. The first-order chi connectivity index (χ1) is 43.0. The van der Waals surface area contributed by atoms with Crippen LogP contribution in [0.4, 0.5) is 0 Å². The van der Waals surface area contributed by atoms with Crippen molar-refractivity contribution in [3.63, 3.8) is 0 Å². The molecule has 38 nitrogen and oxygen atoms in total. The number of aromatic amines is 2. The summed E-state index contributed by atoms with van der Waals surface area (Å²) in [6.45, 7) is 6.12. The van der Waals surface area contributed by atoms with Crippen molar-refractivity contribution in [3.8, 4) is 0 Å². The standard InChI is InChI=1S/C50H81N19O19S3/c1-7-22(3)38(63-46(83)33(19-91-21-36(75)53-12-27-14-56-69-67-27)62-44(81)30(9-10-37(76)77)59-42(79)28(51)17-89)48(85)65-40(25(6)72)49(86)64-39(24(5)71)47(84)54-15-34(73)58-29(8-2)43(80)61-32(18-90-20-35(74)52-11-26-13-55-68-66-26)45(82)57-23(4)41(78)60-31(16-70)50(87)88/h13-14,22-25,28-33,38-40,70-72,89H,7-12,15-21,51H2,1-6H3,(H,52,74)(H,53,75)(H,54,84)(H,57,82)(H,58,73)(H,59,79)(H,60,78)(H,61,80)(H,62,81)(H,63,83)(H,64,86)(H,65,85)(H,76,77)(H,87,88)(H,55,66,68)(H,56,67,69)/t22?,23-,24?,25?,28-,29-,30-,31-,32-,33-,38-,39-,40-/m0/s1. The minimum atomic E-state index is -1.91. The summed E-state index contributed by atoms with van der Waals surface area (Å²) in [6, 6.07) is -15.8. The van der Waals surface area contributed by atoms with E-state index in [9.17, 15) is 92.7 Å². The first-order valence-corrected chi connectivity index (χ1v) is 31.1. The number of carboxylic acid groups (broad SMARTS) is 2. The fourth-order valence-corrected chi connectivity index (χ4v) is 9.36. The number of thioether (sulfide) groups is 2. The second-order valence-electron chi connectivity index (χ2n) is 20.3. The zero-order chi connectivity index (χ0) is 68.5. The van der Waals surface area contributed by atoms with E-state index in [4.69, 9.17) is 5.73 Å². The van der Waals surface area contributed by atoms with Gasteiger partial charge >= 0.3 is 11.9 Å². The highest BCUT2D eigenvalue weighted by Gasteiger charge is 2.38. The molecule has 0 aliphatic heterocycles. The van der Waals surface area contributed by atoms with Crippen LogP contribution in [0, 0.1) is 5.92 Å². The van der Waals surface area contributed by atoms with E-state index in [-0.39, 0.29) is 54.7 Å². The van der Waals surface area contributed by atoms with Crippen molar-refractivity contribution < 1.29 is 92.7 Å². The van der Waals surface area contributed by atoms with Crippen LogP contribution in [0.15, 0.2) is 12.4 Å². The SMILES string of the molecule is CCC(C)[C@H](NC(=O)[C@H](CSCC(=O)NCc1c[nH]nn1)NC(=O)[C@H](CCC(=O)O)NC(=O)[C@@H](N)CS)C(=O)N[C@H](C(=O)N[C@H](C(=O)NCC(=O)N[C@@H](CC)C(=O)N[C@@H](CSCC(=O)NCc1c[nH]nn1)C(=O)N[C@@H](C)C(=O)N[C@@H](CO)C(=O)O)C(C)O)C(C)O. The number of rotatable bonds is 43. The van der Waals surface area contributed by atoms with Crippen LogP contribution < -0.4 is 69.5 Å². The van der Waals surface area contributed by atoms with Gasteiger partial charge in [0.1, 0.15) is 65.8 Å². The Balaban J connectivity index is 2.26. The maximum Gasteiger partial charge on any atom is 0.328 e. The molecule has 0 aliphatic rings. The highest BCUT2D eigenvalue weighted by atomic mass is 32.2. The zero-order valence-electron chi connectivity index (χ0n) is 50.4. The normalized spacial score (nSPS) is 15.3. The average Bonchev–Trinajstić information content (AvgIpc) is 1.96. The number of nitrogens with zero attached hydrogens (tertiary/aromatic N) is 4. The number of hydrogen-bond acceptors (Lipinski definition) is 25. The number of aromatic nitrogens is 6. The molecular weight excluding hydrogens is 1270 g/mol. The van der Waals surface area contributed by atoms with Gasteiger partial charge in [0.2, 0.25) is 70.9 Å². The van der Waals surface area contributed by atoms with E-state index in [1.54, 1.807) is 6.92 Å². The highest BCUT2D eigenvalue weighted by Crippen LogP contribution is 2.13. The molecule has 0 aromatic carbocycles. The number of thiol groups is 1. The summed E-state index contributed by atoms with van der Waals surface area (Å²) in [5.41, 5.74) is 6.57. The third-order valence-electron chi connectivity index (χ3n) is 12.9. The molecule has 0 saturated carbocycles. The monoisotopic (exact) mass is 1350 g/mol. The second kappa shape index (κ2) is 41.2. The Kier molecular flexibility index (Phi) is 35.7. The molecule has 2 heterocycles. The van der Waals surface area contributed by atoms with Crippen LogP contribution in [-0.4, -0.2) is 254 Å². The van der Waals surface area contributed by atoms with E-state index in [1.165, 1.54) is 33.2 Å². The molecule has 91 heavy (non-hydrogen) atoms. The topological polar surface area (TPSA) is 594 Å². The Bertz CT molecular complexity index is 2770. The van der Waals surface area contributed by atoms with E-state index >= 15 is 0 Å². The Morgan fingerprint density at radius 3 is 1.43 bits per heavy atom. The molecule has 3 unspecified atom stereocenters. The predicted molar refractivity (Wildman–Crippen MR) is 324 cm³/mol. The van der Waals surface area contributed by atoms with Crippen LogP contribution in [0.25, 0.3) is 0 Å². The van der Waals surface area contributed by atoms with Gasteiger partial charge in [-0.3, -0.25) is 72.5 Å². The highest BCUT2D eigenvalue weighted by molar-refractivity contribution is 8.00. The molecular formula is C50H81N19O19S3. The van der Waals surface area contributed by atoms with Gasteiger partial charge in [0.25, 0.3) is 0 Å². The van der Waals surface area contributed by atoms with E-state index in [1.807, 2.05) is 5.32 Å². The summed E-state index contributed by atoms with van der Waals surface area (Å²) in [6.07, 6.45) is -1.59. The number of hydrogen-bond donors (Lipinski definition) is 21. The Labute approximate surface area is 534 Å². The van der Waals surface area contributed by atoms with E-state index in [0.717, 1.165) is 37.4 Å². The smallest absolute Gasteiger partial charge is 0.328 e. The number of carboxylic acids is 2. The Morgan fingerprint density at radius 1 is 0.538 bits per heavy atom. The predicted octanol–water partition coefficient (Wildman–Crippen LogP) is -8.76. The van der Waals surface area contributed by atoms with E-state index in [0.29, 0.717) is 11.4 Å². The van der Waals surface area contributed by atoms with Crippen molar-refractivity contribution in [3.05, 3.63) is 23.8 Å². The average molecular weight is 1350 g/mol. The van der Waals surface area contributed by atoms with Gasteiger partial charge in [-0.2, -0.15) is 12.6 Å². The lowest BCUT2D eigenvalue weighted by Gasteiger charge is -2.30. The van der Waals surface area contributed by atoms with Gasteiger partial charge in [-0.1, -0.05) is 37.6 Å². The number of H-pyrrole nitrogens is 2. The molecule has 0 spiro atoms. The fourth-order valence-electron chi connectivity index (χ4n) is 7.44. The molecule has 0 aliphatic carbocycles. The minimum absolute atomic E-state index is 0.00646. The van der Waals surface area contributed by atoms with Crippen molar-refractivity contribution in [2.45, 2.75) is 153 Å². The largest absolute Gasteiger partial charge is 0.481 e. The van der Waals surface area contributed by atoms with Crippen LogP contribution in [0.5, 0.6) is 0 Å². The van der Waals surface area contributed by atoms with E-state index in [2.05, 4.69) is 102 Å². The van der Waals surface area contributed by atoms with Crippen molar-refractivity contribution >= 4 is 119 Å². The van der Waals surface area contributed by atoms with Crippen LogP contribution >= 0.6 is 36.2 Å². The fraction of sp³-hybridized carbons (Fsp3) is 0.640. The molecule has 2 aromatic rings. The van der Waals surface area contributed by atoms with Crippen LogP contribution in [0.2, 0.25) is 0 Å². The van der Waals surface area contributed by atoms with Gasteiger partial charge < -0.3 is 95.1 Å². The summed E-state index contributed by atoms with van der Waals surface area (Å²) < 4.78 is 0. The molecule has 2 rings (SSSR count). The van der Waals surface area contributed by atoms with Gasteiger partial charge in [-0.05, 0) is 39.5 Å². The van der Waals surface area contributed by atoms with Gasteiger partial charge in [0.05, 0.1) is 56.0 Å². The summed E-state index contributed by atoms with van der Waals surface area (Å²) in [5.74, 6) is -16.5. The third-order valence-corrected chi connectivity index (χ3v) is 15.4. The van der Waals surface area contributed by atoms with Crippen molar-refractivity contribution in [2.75, 3.05) is 41.9 Å². The number of carbonyl (C=O) groups excluding carboxylic acids is 12. The molecule has 41 heteroatoms. The molecule has 21 N–H and O–H groups in total. The summed E-state index contributed by atoms with van der Waals surface area (Å²) in [4.78, 5) is 183. The maximum absolute atomic E-state index is 14.2. The lowest BCUT2D eigenvalue weighted by atomic mass is 9.97. The zero-order valence-corrected chi connectivity index (χ0v) is 53.0.